The van der Waals surface area contributed by atoms with Gasteiger partial charge in [-0.25, -0.2) is 17.7 Å². The number of nitro benzene ring substituents is 1. The van der Waals surface area contributed by atoms with Crippen molar-refractivity contribution in [2.45, 2.75) is 5.75 Å². The van der Waals surface area contributed by atoms with E-state index in [0.29, 0.717) is 5.56 Å². The van der Waals surface area contributed by atoms with Crippen LogP contribution in [0.25, 0.3) is 0 Å². The van der Waals surface area contributed by atoms with E-state index in [1.807, 2.05) is 4.72 Å². The third-order valence-corrected chi connectivity index (χ3v) is 5.54. The molecule has 1 unspecified atom stereocenters. The summed E-state index contributed by atoms with van der Waals surface area (Å²) in [6.45, 7) is 0. The topological polar surface area (TPSA) is 136 Å². The quantitative estimate of drug-likeness (QED) is 0.403. The van der Waals surface area contributed by atoms with Crippen LogP contribution in [0.3, 0.4) is 0 Å². The maximum absolute atomic E-state index is 12.0. The Balaban J connectivity index is 1.96. The van der Waals surface area contributed by atoms with Crippen molar-refractivity contribution in [3.05, 3.63) is 70.3 Å². The largest absolute Gasteiger partial charge is 0.424 e. The van der Waals surface area contributed by atoms with Crippen molar-refractivity contribution in [3.63, 3.8) is 0 Å². The molecule has 9 nitrogen and oxygen atoms in total. The van der Waals surface area contributed by atoms with Crippen LogP contribution < -0.4 is 9.25 Å². The number of hydrogen-bond acceptors (Lipinski definition) is 6. The van der Waals surface area contributed by atoms with Gasteiger partial charge in [0, 0.05) is 12.1 Å². The highest BCUT2D eigenvalue weighted by Gasteiger charge is 2.24. The fourth-order valence-electron chi connectivity index (χ4n) is 1.85. The summed E-state index contributed by atoms with van der Waals surface area (Å²) < 4.78 is 42.7. The number of nitrogens with zero attached hydrogens (tertiary/aromatic N) is 1. The lowest BCUT2D eigenvalue weighted by Gasteiger charge is -2.14. The number of nitrogens with one attached hydrogen (secondary N) is 1. The van der Waals surface area contributed by atoms with Gasteiger partial charge in [-0.1, -0.05) is 30.3 Å². The molecular weight excluding hydrogens is 371 g/mol. The van der Waals surface area contributed by atoms with Crippen LogP contribution in [0, 0.1) is 10.1 Å². The first-order valence-electron chi connectivity index (χ1n) is 6.94. The van der Waals surface area contributed by atoms with Crippen LogP contribution in [0.2, 0.25) is 0 Å². The Hall–Kier alpha value is -2.26. The molecule has 0 saturated carbocycles. The van der Waals surface area contributed by atoms with Crippen LogP contribution in [0.4, 0.5) is 5.69 Å². The Morgan fingerprint density at radius 1 is 1.12 bits per heavy atom. The summed E-state index contributed by atoms with van der Waals surface area (Å²) >= 11 is 0. The lowest BCUT2D eigenvalue weighted by Crippen LogP contribution is -2.27. The Bertz CT molecular complexity index is 885. The smallest absolute Gasteiger partial charge is 0.391 e. The lowest BCUT2D eigenvalue weighted by molar-refractivity contribution is -0.384. The Kier molecular flexibility index (Phi) is 5.91. The van der Waals surface area contributed by atoms with Crippen LogP contribution in [-0.4, -0.2) is 24.5 Å². The van der Waals surface area contributed by atoms with Gasteiger partial charge in [0.15, 0.2) is 0 Å². The molecule has 0 aromatic heterocycles. The molecule has 0 heterocycles. The molecule has 0 spiro atoms. The SMILES string of the molecule is O=[N+]([O-])c1ccc(OP(=O)(O)CNS(=O)(=O)Cc2ccccc2)cc1. The van der Waals surface area contributed by atoms with Crippen LogP contribution in [0.1, 0.15) is 5.56 Å². The second-order valence-electron chi connectivity index (χ2n) is 5.03. The van der Waals surface area contributed by atoms with Gasteiger partial charge in [0.1, 0.15) is 12.0 Å². The van der Waals surface area contributed by atoms with Gasteiger partial charge >= 0.3 is 7.60 Å². The van der Waals surface area contributed by atoms with Gasteiger partial charge in [-0.05, 0) is 17.7 Å². The van der Waals surface area contributed by atoms with E-state index in [1.165, 1.54) is 0 Å². The van der Waals surface area contributed by atoms with Crippen molar-refractivity contribution < 1.29 is 27.3 Å². The van der Waals surface area contributed by atoms with E-state index in [4.69, 9.17) is 4.52 Å². The summed E-state index contributed by atoms with van der Waals surface area (Å²) in [6, 6.07) is 12.8. The van der Waals surface area contributed by atoms with E-state index in [9.17, 15) is 28.0 Å². The van der Waals surface area contributed by atoms with Gasteiger partial charge in [0.05, 0.1) is 10.7 Å². The summed E-state index contributed by atoms with van der Waals surface area (Å²) in [5.74, 6) is -0.426. The summed E-state index contributed by atoms with van der Waals surface area (Å²) in [6.07, 6.45) is -0.820. The number of non-ortho nitro benzene ring substituents is 1. The molecule has 2 aromatic rings. The number of hydrogen-bond donors (Lipinski definition) is 2. The van der Waals surface area contributed by atoms with Crippen molar-refractivity contribution in [3.8, 4) is 5.75 Å². The van der Waals surface area contributed by atoms with Crippen molar-refractivity contribution in [1.82, 2.24) is 4.72 Å². The monoisotopic (exact) mass is 386 g/mol. The molecule has 134 valence electrons. The Morgan fingerprint density at radius 2 is 1.72 bits per heavy atom. The second kappa shape index (κ2) is 7.75. The number of benzene rings is 2. The average Bonchev–Trinajstić information content (AvgIpc) is 2.54. The fourth-order valence-corrected chi connectivity index (χ4v) is 4.54. The summed E-state index contributed by atoms with van der Waals surface area (Å²) in [7, 11) is -8.14. The Morgan fingerprint density at radius 3 is 2.28 bits per heavy atom. The van der Waals surface area contributed by atoms with E-state index >= 15 is 0 Å². The van der Waals surface area contributed by atoms with Crippen LogP contribution in [-0.2, 0) is 20.3 Å². The minimum absolute atomic E-state index is 0.0845. The molecular formula is C14H15N2O7PS. The minimum atomic E-state index is -4.31. The van der Waals surface area contributed by atoms with Crippen molar-refractivity contribution in [1.29, 1.82) is 0 Å². The highest BCUT2D eigenvalue weighted by molar-refractivity contribution is 7.89. The first-order chi connectivity index (χ1) is 11.7. The fraction of sp³-hybridized carbons (Fsp3) is 0.143. The maximum atomic E-state index is 12.0. The minimum Gasteiger partial charge on any atom is -0.424 e. The molecule has 2 rings (SSSR count). The molecule has 25 heavy (non-hydrogen) atoms. The first kappa shape index (κ1) is 19.1. The van der Waals surface area contributed by atoms with Gasteiger partial charge in [0.2, 0.25) is 10.0 Å². The predicted molar refractivity (Wildman–Crippen MR) is 90.6 cm³/mol. The van der Waals surface area contributed by atoms with Crippen molar-refractivity contribution in [2.24, 2.45) is 0 Å². The van der Waals surface area contributed by atoms with Crippen LogP contribution in [0.15, 0.2) is 54.6 Å². The molecule has 0 aliphatic heterocycles. The molecule has 2 N–H and O–H groups in total. The number of sulfonamides is 1. The Labute approximate surface area is 144 Å². The zero-order valence-corrected chi connectivity index (χ0v) is 14.5. The van der Waals surface area contributed by atoms with E-state index in [1.54, 1.807) is 30.3 Å². The van der Waals surface area contributed by atoms with E-state index in [2.05, 4.69) is 0 Å². The molecule has 0 aliphatic rings. The highest BCUT2D eigenvalue weighted by Crippen LogP contribution is 2.41. The summed E-state index contributed by atoms with van der Waals surface area (Å²) in [5.41, 5.74) is 0.322. The molecule has 0 amide bonds. The third kappa shape index (κ3) is 6.28. The van der Waals surface area contributed by atoms with E-state index in [-0.39, 0.29) is 17.2 Å². The standard InChI is InChI=1S/C14H15N2O7PS/c17-16(18)13-6-8-14(9-7-13)23-24(19,20)11-15-25(21,22)10-12-4-2-1-3-5-12/h1-9,15H,10-11H2,(H,19,20). The number of nitro groups is 1. The molecule has 1 atom stereocenters. The molecule has 0 bridgehead atoms. The van der Waals surface area contributed by atoms with Gasteiger partial charge < -0.3 is 9.42 Å². The van der Waals surface area contributed by atoms with E-state index < -0.39 is 28.8 Å². The van der Waals surface area contributed by atoms with Crippen LogP contribution in [0.5, 0.6) is 5.75 Å². The second-order valence-corrected chi connectivity index (χ2v) is 8.61. The van der Waals surface area contributed by atoms with Gasteiger partial charge in [-0.15, -0.1) is 0 Å². The zero-order valence-electron chi connectivity index (χ0n) is 12.8. The number of rotatable bonds is 8. The van der Waals surface area contributed by atoms with Gasteiger partial charge in [-0.3, -0.25) is 10.1 Å². The average molecular weight is 386 g/mol. The zero-order chi connectivity index (χ0) is 18.5. The molecule has 0 radical (unpaired) electrons. The van der Waals surface area contributed by atoms with Gasteiger partial charge in [0.25, 0.3) is 5.69 Å². The van der Waals surface area contributed by atoms with Crippen molar-refractivity contribution >= 4 is 23.3 Å². The highest BCUT2D eigenvalue weighted by atomic mass is 32.2. The third-order valence-electron chi connectivity index (χ3n) is 2.98. The maximum Gasteiger partial charge on any atom is 0.391 e. The lowest BCUT2D eigenvalue weighted by atomic mass is 10.2. The normalized spacial score (nSPS) is 13.8. The molecule has 0 saturated heterocycles. The molecule has 0 aliphatic carbocycles. The van der Waals surface area contributed by atoms with Gasteiger partial charge in [-0.2, -0.15) is 0 Å². The van der Waals surface area contributed by atoms with Crippen molar-refractivity contribution in [2.75, 3.05) is 6.29 Å². The first-order valence-corrected chi connectivity index (χ1v) is 10.4. The summed E-state index contributed by atoms with van der Waals surface area (Å²) in [4.78, 5) is 19.7. The molecule has 11 heteroatoms. The van der Waals surface area contributed by atoms with Crippen LogP contribution >= 0.6 is 7.60 Å². The van der Waals surface area contributed by atoms with E-state index in [0.717, 1.165) is 24.3 Å². The predicted octanol–water partition coefficient (Wildman–Crippen LogP) is 2.24. The molecule has 0 fully saturated rings. The molecule has 2 aromatic carbocycles. The summed E-state index contributed by atoms with van der Waals surface area (Å²) in [5, 5.41) is 10.5.